The van der Waals surface area contributed by atoms with E-state index in [1.807, 2.05) is 24.3 Å². The van der Waals surface area contributed by atoms with Gasteiger partial charge >= 0.3 is 5.97 Å². The van der Waals surface area contributed by atoms with Gasteiger partial charge in [0.1, 0.15) is 11.5 Å². The molecule has 2 aromatic rings. The lowest BCUT2D eigenvalue weighted by molar-refractivity contribution is -0.206. The zero-order valence-corrected chi connectivity index (χ0v) is 23.8. The lowest BCUT2D eigenvalue weighted by atomic mass is 9.96. The summed E-state index contributed by atoms with van der Waals surface area (Å²) in [7, 11) is 0. The van der Waals surface area contributed by atoms with Crippen molar-refractivity contribution in [2.24, 2.45) is 11.8 Å². The van der Waals surface area contributed by atoms with Gasteiger partial charge in [-0.2, -0.15) is 0 Å². The van der Waals surface area contributed by atoms with Crippen molar-refractivity contribution in [2.75, 3.05) is 19.8 Å². The average molecular weight is 525 g/mol. The molecule has 1 aliphatic rings. The smallest absolute Gasteiger partial charge is 0.343 e. The summed E-state index contributed by atoms with van der Waals surface area (Å²) in [5, 5.41) is 0. The maximum atomic E-state index is 12.6. The quantitative estimate of drug-likeness (QED) is 0.117. The van der Waals surface area contributed by atoms with Crippen LogP contribution in [-0.2, 0) is 9.47 Å². The van der Waals surface area contributed by atoms with Crippen molar-refractivity contribution in [1.29, 1.82) is 0 Å². The fraction of sp³-hybridized carbons (Fsp3) is 0.606. The molecular formula is C33H48O5. The third kappa shape index (κ3) is 10.8. The van der Waals surface area contributed by atoms with Crippen LogP contribution < -0.4 is 9.47 Å². The normalized spacial score (nSPS) is 18.2. The van der Waals surface area contributed by atoms with E-state index in [-0.39, 0.29) is 12.3 Å². The van der Waals surface area contributed by atoms with Crippen molar-refractivity contribution in [3.8, 4) is 11.5 Å². The van der Waals surface area contributed by atoms with E-state index in [1.54, 1.807) is 24.3 Å². The Morgan fingerprint density at radius 2 is 1.45 bits per heavy atom. The predicted molar refractivity (Wildman–Crippen MR) is 153 cm³/mol. The maximum Gasteiger partial charge on any atom is 0.343 e. The predicted octanol–water partition coefficient (Wildman–Crippen LogP) is 8.91. The van der Waals surface area contributed by atoms with Gasteiger partial charge in [0.05, 0.1) is 25.4 Å². The van der Waals surface area contributed by atoms with Crippen LogP contribution in [-0.4, -0.2) is 25.8 Å². The lowest BCUT2D eigenvalue weighted by Crippen LogP contribution is -2.27. The van der Waals surface area contributed by atoms with Crippen molar-refractivity contribution in [3.63, 3.8) is 0 Å². The van der Waals surface area contributed by atoms with Crippen LogP contribution in [0, 0.1) is 11.8 Å². The van der Waals surface area contributed by atoms with Gasteiger partial charge in [-0.3, -0.25) is 0 Å². The topological polar surface area (TPSA) is 54.0 Å². The summed E-state index contributed by atoms with van der Waals surface area (Å²) in [6.07, 6.45) is 13.4. The highest BCUT2D eigenvalue weighted by molar-refractivity contribution is 5.91. The van der Waals surface area contributed by atoms with Crippen molar-refractivity contribution in [3.05, 3.63) is 59.7 Å². The number of esters is 1. The molecule has 0 aromatic heterocycles. The summed E-state index contributed by atoms with van der Waals surface area (Å²) in [5.41, 5.74) is 1.43. The van der Waals surface area contributed by atoms with E-state index in [2.05, 4.69) is 20.8 Å². The summed E-state index contributed by atoms with van der Waals surface area (Å²) in [5.74, 6) is 2.10. The molecule has 1 unspecified atom stereocenters. The number of hydrogen-bond donors (Lipinski definition) is 0. The first-order chi connectivity index (χ1) is 18.6. The third-order valence-corrected chi connectivity index (χ3v) is 7.45. The Kier molecular flexibility index (Phi) is 13.7. The van der Waals surface area contributed by atoms with Crippen LogP contribution in [0.2, 0.25) is 0 Å². The molecule has 0 radical (unpaired) electrons. The van der Waals surface area contributed by atoms with E-state index in [9.17, 15) is 4.79 Å². The van der Waals surface area contributed by atoms with Crippen LogP contribution in [0.1, 0.15) is 114 Å². The maximum absolute atomic E-state index is 12.6. The molecule has 1 aliphatic heterocycles. The summed E-state index contributed by atoms with van der Waals surface area (Å²) in [6.45, 7) is 8.92. The van der Waals surface area contributed by atoms with Gasteiger partial charge in [0.2, 0.25) is 0 Å². The second-order valence-electron chi connectivity index (χ2n) is 10.8. The average Bonchev–Trinajstić information content (AvgIpc) is 2.96. The van der Waals surface area contributed by atoms with E-state index in [0.29, 0.717) is 23.8 Å². The molecule has 0 aliphatic carbocycles. The molecule has 1 atom stereocenters. The molecule has 0 N–H and O–H groups in total. The molecule has 2 aromatic carbocycles. The first-order valence-corrected chi connectivity index (χ1v) is 14.9. The van der Waals surface area contributed by atoms with Gasteiger partial charge in [-0.05, 0) is 55.2 Å². The lowest BCUT2D eigenvalue weighted by Gasteiger charge is -2.30. The molecule has 3 rings (SSSR count). The van der Waals surface area contributed by atoms with E-state index in [4.69, 9.17) is 18.9 Å². The molecule has 5 nitrogen and oxygen atoms in total. The minimum Gasteiger partial charge on any atom is -0.494 e. The number of ether oxygens (including phenoxy) is 4. The van der Waals surface area contributed by atoms with E-state index in [1.165, 1.54) is 57.8 Å². The number of unbranched alkanes of at least 4 members (excludes halogenated alkanes) is 7. The van der Waals surface area contributed by atoms with Gasteiger partial charge in [0, 0.05) is 11.5 Å². The second kappa shape index (κ2) is 17.3. The van der Waals surface area contributed by atoms with Gasteiger partial charge in [0.15, 0.2) is 6.29 Å². The number of benzene rings is 2. The molecule has 1 saturated heterocycles. The second-order valence-corrected chi connectivity index (χ2v) is 10.8. The van der Waals surface area contributed by atoms with Gasteiger partial charge in [-0.25, -0.2) is 4.79 Å². The van der Waals surface area contributed by atoms with Crippen LogP contribution in [0.3, 0.4) is 0 Å². The largest absolute Gasteiger partial charge is 0.494 e. The Morgan fingerprint density at radius 3 is 2.08 bits per heavy atom. The highest BCUT2D eigenvalue weighted by atomic mass is 16.7. The van der Waals surface area contributed by atoms with Crippen LogP contribution in [0.25, 0.3) is 0 Å². The molecule has 210 valence electrons. The molecule has 0 amide bonds. The van der Waals surface area contributed by atoms with Gasteiger partial charge < -0.3 is 18.9 Å². The molecule has 0 saturated carbocycles. The molecule has 1 fully saturated rings. The minimum absolute atomic E-state index is 0.363. The Balaban J connectivity index is 1.34. The van der Waals surface area contributed by atoms with Crippen molar-refractivity contribution in [2.45, 2.75) is 97.7 Å². The third-order valence-electron chi connectivity index (χ3n) is 7.45. The highest BCUT2D eigenvalue weighted by Crippen LogP contribution is 2.29. The SMILES string of the molecule is CCCCCCCCCCOc1ccc(C(=O)Oc2ccc(C3OCC(CCC(C)CC)CO3)cc2)cc1. The zero-order valence-electron chi connectivity index (χ0n) is 23.8. The number of carbonyl (C=O) groups excluding carboxylic acids is 1. The van der Waals surface area contributed by atoms with Crippen molar-refractivity contribution >= 4 is 5.97 Å². The first kappa shape index (κ1) is 30.2. The number of rotatable bonds is 17. The fourth-order valence-electron chi connectivity index (χ4n) is 4.60. The Labute approximate surface area is 230 Å². The molecule has 1 heterocycles. The van der Waals surface area contributed by atoms with E-state index in [0.717, 1.165) is 43.3 Å². The van der Waals surface area contributed by atoms with E-state index >= 15 is 0 Å². The standard InChI is InChI=1S/C33H48O5/c1-4-6-7-8-9-10-11-12-23-35-30-19-15-28(16-20-30)32(34)38-31-21-17-29(18-22-31)33-36-24-27(25-37-33)14-13-26(3)5-2/h15-22,26-27,33H,4-14,23-25H2,1-3H3. The fourth-order valence-corrected chi connectivity index (χ4v) is 4.60. The molecule has 0 bridgehead atoms. The molecule has 5 heteroatoms. The van der Waals surface area contributed by atoms with Gasteiger partial charge in [0.25, 0.3) is 0 Å². The van der Waals surface area contributed by atoms with Crippen molar-refractivity contribution in [1.82, 2.24) is 0 Å². The number of carbonyl (C=O) groups is 1. The zero-order chi connectivity index (χ0) is 27.0. The first-order valence-electron chi connectivity index (χ1n) is 14.9. The summed E-state index contributed by atoms with van der Waals surface area (Å²) in [6, 6.07) is 14.5. The van der Waals surface area contributed by atoms with Crippen molar-refractivity contribution < 1.29 is 23.7 Å². The summed E-state index contributed by atoms with van der Waals surface area (Å²) >= 11 is 0. The Morgan fingerprint density at radius 1 is 0.842 bits per heavy atom. The monoisotopic (exact) mass is 524 g/mol. The molecule has 0 spiro atoms. The Hall–Kier alpha value is -2.37. The minimum atomic E-state index is -0.387. The van der Waals surface area contributed by atoms with Crippen LogP contribution in [0.15, 0.2) is 48.5 Å². The summed E-state index contributed by atoms with van der Waals surface area (Å²) in [4.78, 5) is 12.6. The van der Waals surface area contributed by atoms with Crippen LogP contribution in [0.5, 0.6) is 11.5 Å². The number of hydrogen-bond acceptors (Lipinski definition) is 5. The summed E-state index contributed by atoms with van der Waals surface area (Å²) < 4.78 is 23.3. The van der Waals surface area contributed by atoms with Gasteiger partial charge in [-0.1, -0.05) is 90.7 Å². The Bertz CT molecular complexity index is 900. The van der Waals surface area contributed by atoms with Gasteiger partial charge in [-0.15, -0.1) is 0 Å². The van der Waals surface area contributed by atoms with Crippen LogP contribution >= 0.6 is 0 Å². The van der Waals surface area contributed by atoms with Crippen LogP contribution in [0.4, 0.5) is 0 Å². The molecular weight excluding hydrogens is 476 g/mol. The molecule has 38 heavy (non-hydrogen) atoms. The van der Waals surface area contributed by atoms with E-state index < -0.39 is 0 Å². The highest BCUT2D eigenvalue weighted by Gasteiger charge is 2.24.